The van der Waals surface area contributed by atoms with Gasteiger partial charge in [-0.3, -0.25) is 19.2 Å². The van der Waals surface area contributed by atoms with E-state index in [2.05, 4.69) is 19.2 Å². The number of ether oxygens (including phenoxy) is 6. The average Bonchev–Trinajstić information content (AvgIpc) is 3.97. The second-order valence-electron chi connectivity index (χ2n) is 16.3. The van der Waals surface area contributed by atoms with Crippen LogP contribution in [0.4, 0.5) is 0 Å². The molecule has 6 aromatic rings. The van der Waals surface area contributed by atoms with Gasteiger partial charge in [0.05, 0.1) is 23.7 Å². The fourth-order valence-electron chi connectivity index (χ4n) is 8.20. The van der Waals surface area contributed by atoms with Crippen molar-refractivity contribution in [3.8, 4) is 45.3 Å². The summed E-state index contributed by atoms with van der Waals surface area (Å²) in [7, 11) is 0. The predicted molar refractivity (Wildman–Crippen MR) is 242 cm³/mol. The lowest BCUT2D eigenvalue weighted by atomic mass is 9.82. The molecule has 2 aliphatic carbocycles. The summed E-state index contributed by atoms with van der Waals surface area (Å²) in [6.45, 7) is 10.7. The zero-order chi connectivity index (χ0) is 46.5. The van der Waals surface area contributed by atoms with Gasteiger partial charge in [0, 0.05) is 17.5 Å². The number of thiazole rings is 1. The van der Waals surface area contributed by atoms with Crippen LogP contribution in [0.1, 0.15) is 62.5 Å². The molecule has 2 saturated carbocycles. The van der Waals surface area contributed by atoms with Gasteiger partial charge in [-0.25, -0.2) is 14.6 Å². The minimum atomic E-state index is -0.603. The number of aryl methyl sites for hydroxylation is 2. The summed E-state index contributed by atoms with van der Waals surface area (Å²) >= 11 is 1.25. The molecule has 4 aromatic carbocycles. The van der Waals surface area contributed by atoms with Gasteiger partial charge in [-0.1, -0.05) is 19.2 Å². The van der Waals surface area contributed by atoms with E-state index in [0.29, 0.717) is 89.4 Å². The number of hydrogen-bond donors (Lipinski definition) is 0. The molecule has 8 rings (SSSR count). The number of carbonyl (C=O) groups excluding carboxylic acids is 6. The first-order chi connectivity index (χ1) is 31.8. The van der Waals surface area contributed by atoms with Gasteiger partial charge in [0.1, 0.15) is 38.8 Å². The second kappa shape index (κ2) is 19.8. The molecule has 15 heteroatoms. The zero-order valence-electron chi connectivity index (χ0n) is 36.2. The normalized spacial score (nSPS) is 18.2. The number of carbonyl (C=O) groups is 6. The Bertz CT molecular complexity index is 2710. The minimum Gasteiger partial charge on any atom is -0.454 e. The second-order valence-corrected chi connectivity index (χ2v) is 17.3. The summed E-state index contributed by atoms with van der Waals surface area (Å²) in [6.07, 6.45) is 5.37. The molecule has 0 aliphatic heterocycles. The fourth-order valence-corrected chi connectivity index (χ4v) is 9.19. The quantitative estimate of drug-likeness (QED) is 0.0606. The third-order valence-electron chi connectivity index (χ3n) is 11.7. The Labute approximate surface area is 383 Å². The van der Waals surface area contributed by atoms with E-state index in [9.17, 15) is 28.8 Å². The Kier molecular flexibility index (Phi) is 13.5. The van der Waals surface area contributed by atoms with Gasteiger partial charge in [-0.2, -0.15) is 0 Å². The van der Waals surface area contributed by atoms with Gasteiger partial charge in [0.15, 0.2) is 22.3 Å². The highest BCUT2D eigenvalue weighted by Gasteiger charge is 2.35. The number of rotatable bonds is 13. The van der Waals surface area contributed by atoms with E-state index in [-0.39, 0.29) is 23.0 Å². The molecule has 2 fully saturated rings. The van der Waals surface area contributed by atoms with E-state index in [1.165, 1.54) is 59.9 Å². The monoisotopic (exact) mass is 911 g/mol. The Morgan fingerprint density at radius 1 is 0.561 bits per heavy atom. The van der Waals surface area contributed by atoms with Crippen molar-refractivity contribution in [2.45, 2.75) is 65.2 Å². The summed E-state index contributed by atoms with van der Waals surface area (Å²) in [5.41, 5.74) is 3.11. The number of nitrogens with zero attached hydrogens (tertiary/aromatic N) is 1. The number of hydrogen-bond acceptors (Lipinski definition) is 15. The van der Waals surface area contributed by atoms with E-state index in [1.807, 2.05) is 26.0 Å². The number of aromatic nitrogens is 1. The van der Waals surface area contributed by atoms with Crippen LogP contribution in [-0.4, -0.2) is 40.8 Å². The molecular formula is C51H45NO13S. The number of benzene rings is 4. The average molecular weight is 912 g/mol. The molecule has 0 N–H and O–H groups in total. The number of fused-ring (bicyclic) bond motifs is 2. The molecule has 0 atom stereocenters. The molecule has 338 valence electrons. The Hall–Kier alpha value is -7.39. The van der Waals surface area contributed by atoms with Crippen molar-refractivity contribution in [2.75, 3.05) is 0 Å². The van der Waals surface area contributed by atoms with Crippen molar-refractivity contribution in [2.24, 2.45) is 23.7 Å². The molecule has 0 amide bonds. The lowest BCUT2D eigenvalue weighted by Crippen LogP contribution is -2.30. The van der Waals surface area contributed by atoms with Crippen LogP contribution in [-0.2, 0) is 28.8 Å². The zero-order valence-corrected chi connectivity index (χ0v) is 37.0. The summed E-state index contributed by atoms with van der Waals surface area (Å²) in [5.74, 6) is -2.64. The van der Waals surface area contributed by atoms with Crippen molar-refractivity contribution in [3.05, 3.63) is 115 Å². The molecule has 0 bridgehead atoms. The first-order valence-corrected chi connectivity index (χ1v) is 22.4. The van der Waals surface area contributed by atoms with Crippen LogP contribution < -0.4 is 28.4 Å². The SMILES string of the molecule is C=CC(=O)Oc1ccc(OC(=O)C2CCC(C(=O)Oc3ccc(OC(=O)C4CCC(C(=O)Oc5ccc(OC(=O)C=C)cc5)CC4)c4sc(-c5cc6c(C)cc(C)cc6o5)nc34)CC2)cc1. The van der Waals surface area contributed by atoms with Crippen molar-refractivity contribution in [1.29, 1.82) is 0 Å². The molecular weight excluding hydrogens is 867 g/mol. The number of esters is 6. The van der Waals surface area contributed by atoms with Gasteiger partial charge in [-0.15, -0.1) is 11.3 Å². The van der Waals surface area contributed by atoms with Crippen molar-refractivity contribution in [1.82, 2.24) is 4.98 Å². The van der Waals surface area contributed by atoms with Crippen LogP contribution >= 0.6 is 11.3 Å². The molecule has 14 nitrogen and oxygen atoms in total. The van der Waals surface area contributed by atoms with Crippen molar-refractivity contribution in [3.63, 3.8) is 0 Å². The lowest BCUT2D eigenvalue weighted by Gasteiger charge is -2.26. The summed E-state index contributed by atoms with van der Waals surface area (Å²) < 4.78 is 40.1. The Balaban J connectivity index is 0.928. The maximum atomic E-state index is 13.7. The maximum absolute atomic E-state index is 13.7. The topological polar surface area (TPSA) is 184 Å². The minimum absolute atomic E-state index is 0.190. The summed E-state index contributed by atoms with van der Waals surface area (Å²) in [5, 5.41) is 1.43. The standard InChI is InChI=1S/C51H45NO13S/c1-5-43(53)59-34-15-19-36(20-16-34)61-48(55)30-7-11-32(12-8-30)50(57)64-39-23-24-40(46-45(39)52-47(66-46)42-27-38-29(4)25-28(3)26-41(38)63-42)65-51(58)33-13-9-31(10-14-33)49(56)62-37-21-17-35(18-22-37)60-44(54)6-2/h5-6,15-27,30-33H,1-2,7-14H2,3-4H3. The van der Waals surface area contributed by atoms with E-state index in [0.717, 1.165) is 28.7 Å². The molecule has 0 spiro atoms. The first-order valence-electron chi connectivity index (χ1n) is 21.5. The third kappa shape index (κ3) is 10.4. The molecule has 0 radical (unpaired) electrons. The fraction of sp³-hybridized carbons (Fsp3) is 0.275. The Morgan fingerprint density at radius 3 is 1.42 bits per heavy atom. The molecule has 0 saturated heterocycles. The first kappa shape index (κ1) is 45.2. The van der Waals surface area contributed by atoms with Gasteiger partial charge >= 0.3 is 35.8 Å². The summed E-state index contributed by atoms with van der Waals surface area (Å²) in [6, 6.07) is 21.3. The highest BCUT2D eigenvalue weighted by molar-refractivity contribution is 7.22. The van der Waals surface area contributed by atoms with Crippen LogP contribution in [0.3, 0.4) is 0 Å². The summed E-state index contributed by atoms with van der Waals surface area (Å²) in [4.78, 5) is 81.3. The number of furan rings is 1. The third-order valence-corrected chi connectivity index (χ3v) is 12.8. The smallest absolute Gasteiger partial charge is 0.335 e. The van der Waals surface area contributed by atoms with Crippen LogP contribution in [0.5, 0.6) is 34.5 Å². The van der Waals surface area contributed by atoms with Crippen LogP contribution in [0.15, 0.2) is 109 Å². The highest BCUT2D eigenvalue weighted by atomic mass is 32.1. The van der Waals surface area contributed by atoms with Gasteiger partial charge in [0.25, 0.3) is 0 Å². The van der Waals surface area contributed by atoms with Crippen molar-refractivity contribution < 1.29 is 61.6 Å². The molecule has 2 aliphatic rings. The largest absolute Gasteiger partial charge is 0.454 e. The van der Waals surface area contributed by atoms with E-state index in [1.54, 1.807) is 12.1 Å². The molecule has 2 aromatic heterocycles. The Morgan fingerprint density at radius 2 is 0.970 bits per heavy atom. The van der Waals surface area contributed by atoms with Gasteiger partial charge in [0.2, 0.25) is 0 Å². The van der Waals surface area contributed by atoms with Crippen LogP contribution in [0.25, 0.3) is 32.0 Å². The lowest BCUT2D eigenvalue weighted by molar-refractivity contribution is -0.145. The maximum Gasteiger partial charge on any atom is 0.335 e. The van der Waals surface area contributed by atoms with Crippen LogP contribution in [0, 0.1) is 37.5 Å². The van der Waals surface area contributed by atoms with Gasteiger partial charge in [-0.05, 0) is 149 Å². The predicted octanol–water partition coefficient (Wildman–Crippen LogP) is 10.1. The van der Waals surface area contributed by atoms with Crippen molar-refractivity contribution >= 4 is 68.3 Å². The molecule has 0 unspecified atom stereocenters. The highest BCUT2D eigenvalue weighted by Crippen LogP contribution is 2.44. The van der Waals surface area contributed by atoms with E-state index >= 15 is 0 Å². The van der Waals surface area contributed by atoms with E-state index < -0.39 is 59.5 Å². The molecule has 66 heavy (non-hydrogen) atoms. The van der Waals surface area contributed by atoms with Gasteiger partial charge < -0.3 is 32.8 Å². The molecule has 2 heterocycles. The van der Waals surface area contributed by atoms with Crippen LogP contribution in [0.2, 0.25) is 0 Å². The van der Waals surface area contributed by atoms with E-state index in [4.69, 9.17) is 37.8 Å².